The van der Waals surface area contributed by atoms with Gasteiger partial charge in [0.25, 0.3) is 0 Å². The molecule has 3 rings (SSSR count). The van der Waals surface area contributed by atoms with Crippen LogP contribution in [0.5, 0.6) is 5.75 Å². The molecule has 2 aliphatic carbocycles. The zero-order valence-electron chi connectivity index (χ0n) is 12.8. The number of aryl methyl sites for hydroxylation is 2. The summed E-state index contributed by atoms with van der Waals surface area (Å²) < 4.78 is 33.6. The molecule has 2 bridgehead atoms. The van der Waals surface area contributed by atoms with E-state index in [0.29, 0.717) is 10.8 Å². The zero-order valence-corrected chi connectivity index (χ0v) is 13.7. The average molecular weight is 309 g/mol. The van der Waals surface area contributed by atoms with Crippen LogP contribution in [0, 0.1) is 25.7 Å². The van der Waals surface area contributed by atoms with E-state index in [0.717, 1.165) is 29.2 Å². The lowest BCUT2D eigenvalue weighted by molar-refractivity contribution is 0.390. The number of hydrogen-bond acceptors (Lipinski definition) is 3. The molecule has 0 amide bonds. The molecule has 21 heavy (non-hydrogen) atoms. The quantitative estimate of drug-likeness (QED) is 0.930. The van der Waals surface area contributed by atoms with Gasteiger partial charge in [-0.1, -0.05) is 6.42 Å². The van der Waals surface area contributed by atoms with Crippen LogP contribution in [0.15, 0.2) is 17.0 Å². The van der Waals surface area contributed by atoms with Crippen LogP contribution in [0.2, 0.25) is 0 Å². The minimum Gasteiger partial charge on any atom is -0.496 e. The molecule has 4 nitrogen and oxygen atoms in total. The Morgan fingerprint density at radius 3 is 2.48 bits per heavy atom. The van der Waals surface area contributed by atoms with Crippen molar-refractivity contribution in [1.82, 2.24) is 4.72 Å². The highest BCUT2D eigenvalue weighted by Gasteiger charge is 2.41. The molecule has 0 spiro atoms. The molecule has 116 valence electrons. The SMILES string of the molecule is COc1cc(C)c(S(=O)(=O)NC2CC3CCC2C3)cc1C. The van der Waals surface area contributed by atoms with Gasteiger partial charge in [-0.3, -0.25) is 0 Å². The van der Waals surface area contributed by atoms with Crippen molar-refractivity contribution in [1.29, 1.82) is 0 Å². The van der Waals surface area contributed by atoms with Crippen molar-refractivity contribution in [3.05, 3.63) is 23.3 Å². The van der Waals surface area contributed by atoms with E-state index in [-0.39, 0.29) is 6.04 Å². The maximum atomic E-state index is 12.7. The second-order valence-corrected chi connectivity index (χ2v) is 8.17. The van der Waals surface area contributed by atoms with Crippen LogP contribution < -0.4 is 9.46 Å². The first-order valence-electron chi connectivity index (χ1n) is 7.58. The van der Waals surface area contributed by atoms with Crippen LogP contribution in [0.1, 0.15) is 36.8 Å². The summed E-state index contributed by atoms with van der Waals surface area (Å²) in [6.45, 7) is 3.69. The summed E-state index contributed by atoms with van der Waals surface area (Å²) >= 11 is 0. The summed E-state index contributed by atoms with van der Waals surface area (Å²) in [5.74, 6) is 1.98. The number of rotatable bonds is 4. The summed E-state index contributed by atoms with van der Waals surface area (Å²) in [6.07, 6.45) is 4.62. The molecule has 3 unspecified atom stereocenters. The van der Waals surface area contributed by atoms with Gasteiger partial charge in [0, 0.05) is 6.04 Å². The lowest BCUT2D eigenvalue weighted by Gasteiger charge is -2.23. The van der Waals surface area contributed by atoms with E-state index in [4.69, 9.17) is 4.74 Å². The first kappa shape index (κ1) is 14.9. The Hall–Kier alpha value is -1.07. The van der Waals surface area contributed by atoms with Gasteiger partial charge in [-0.05, 0) is 68.2 Å². The molecule has 2 saturated carbocycles. The van der Waals surface area contributed by atoms with Gasteiger partial charge in [0.15, 0.2) is 0 Å². The van der Waals surface area contributed by atoms with Crippen molar-refractivity contribution < 1.29 is 13.2 Å². The number of benzene rings is 1. The summed E-state index contributed by atoms with van der Waals surface area (Å²) in [5.41, 5.74) is 1.57. The molecule has 1 N–H and O–H groups in total. The molecule has 1 aromatic rings. The molecule has 0 radical (unpaired) electrons. The molecule has 5 heteroatoms. The van der Waals surface area contributed by atoms with Crippen LogP contribution >= 0.6 is 0 Å². The largest absolute Gasteiger partial charge is 0.496 e. The van der Waals surface area contributed by atoms with Crippen molar-refractivity contribution in [3.63, 3.8) is 0 Å². The molecule has 2 aliphatic rings. The molecular formula is C16H23NO3S. The van der Waals surface area contributed by atoms with Gasteiger partial charge >= 0.3 is 0 Å². The van der Waals surface area contributed by atoms with Crippen LogP contribution in [-0.4, -0.2) is 21.6 Å². The lowest BCUT2D eigenvalue weighted by atomic mass is 9.96. The Morgan fingerprint density at radius 2 is 1.90 bits per heavy atom. The van der Waals surface area contributed by atoms with E-state index in [2.05, 4.69) is 4.72 Å². The Labute approximate surface area is 126 Å². The molecule has 0 aromatic heterocycles. The van der Waals surface area contributed by atoms with Crippen LogP contribution in [-0.2, 0) is 10.0 Å². The topological polar surface area (TPSA) is 55.4 Å². The van der Waals surface area contributed by atoms with Crippen molar-refractivity contribution in [3.8, 4) is 5.75 Å². The second kappa shape index (κ2) is 5.29. The summed E-state index contributed by atoms with van der Waals surface area (Å²) in [5, 5.41) is 0. The van der Waals surface area contributed by atoms with Gasteiger partial charge in [-0.2, -0.15) is 0 Å². The molecule has 1 aromatic carbocycles. The van der Waals surface area contributed by atoms with E-state index in [1.54, 1.807) is 19.2 Å². The second-order valence-electron chi connectivity index (χ2n) is 6.49. The Bertz CT molecular complexity index is 654. The summed E-state index contributed by atoms with van der Waals surface area (Å²) in [7, 11) is -1.85. The molecular weight excluding hydrogens is 286 g/mol. The lowest BCUT2D eigenvalue weighted by Crippen LogP contribution is -2.38. The smallest absolute Gasteiger partial charge is 0.241 e. The van der Waals surface area contributed by atoms with Gasteiger partial charge < -0.3 is 4.74 Å². The number of methoxy groups -OCH3 is 1. The fourth-order valence-electron chi connectivity index (χ4n) is 3.92. The van der Waals surface area contributed by atoms with Crippen LogP contribution in [0.25, 0.3) is 0 Å². The highest BCUT2D eigenvalue weighted by Crippen LogP contribution is 2.45. The minimum atomic E-state index is -3.45. The third-order valence-electron chi connectivity index (χ3n) is 5.03. The highest BCUT2D eigenvalue weighted by molar-refractivity contribution is 7.89. The number of sulfonamides is 1. The molecule has 0 heterocycles. The van der Waals surface area contributed by atoms with Gasteiger partial charge in [-0.15, -0.1) is 0 Å². The fourth-order valence-corrected chi connectivity index (χ4v) is 5.55. The Morgan fingerprint density at radius 1 is 1.14 bits per heavy atom. The highest BCUT2D eigenvalue weighted by atomic mass is 32.2. The predicted octanol–water partition coefficient (Wildman–Crippen LogP) is 2.78. The first-order valence-corrected chi connectivity index (χ1v) is 9.06. The van der Waals surface area contributed by atoms with Gasteiger partial charge in [0.05, 0.1) is 12.0 Å². The molecule has 3 atom stereocenters. The number of nitrogens with one attached hydrogen (secondary N) is 1. The van der Waals surface area contributed by atoms with Crippen molar-refractivity contribution in [2.24, 2.45) is 11.8 Å². The molecule has 0 aliphatic heterocycles. The Balaban J connectivity index is 1.86. The first-order chi connectivity index (χ1) is 9.90. The number of hydrogen-bond donors (Lipinski definition) is 1. The normalized spacial score (nSPS) is 28.0. The van der Waals surface area contributed by atoms with Gasteiger partial charge in [0.1, 0.15) is 5.75 Å². The van der Waals surface area contributed by atoms with Gasteiger partial charge in [-0.25, -0.2) is 13.1 Å². The summed E-state index contributed by atoms with van der Waals surface area (Å²) in [4.78, 5) is 0.378. The fraction of sp³-hybridized carbons (Fsp3) is 0.625. The average Bonchev–Trinajstić information content (AvgIpc) is 3.02. The van der Waals surface area contributed by atoms with Crippen LogP contribution in [0.4, 0.5) is 0 Å². The maximum Gasteiger partial charge on any atom is 0.241 e. The van der Waals surface area contributed by atoms with E-state index in [9.17, 15) is 8.42 Å². The van der Waals surface area contributed by atoms with Crippen molar-refractivity contribution in [2.45, 2.75) is 50.5 Å². The maximum absolute atomic E-state index is 12.7. The third-order valence-corrected chi connectivity index (χ3v) is 6.66. The van der Waals surface area contributed by atoms with E-state index >= 15 is 0 Å². The summed E-state index contributed by atoms with van der Waals surface area (Å²) in [6, 6.07) is 3.63. The van der Waals surface area contributed by atoms with Crippen molar-refractivity contribution in [2.75, 3.05) is 7.11 Å². The van der Waals surface area contributed by atoms with E-state index in [1.165, 1.54) is 19.3 Å². The van der Waals surface area contributed by atoms with Crippen molar-refractivity contribution >= 4 is 10.0 Å². The predicted molar refractivity (Wildman–Crippen MR) is 82.0 cm³/mol. The van der Waals surface area contributed by atoms with E-state index in [1.807, 2.05) is 13.8 Å². The third kappa shape index (κ3) is 2.69. The molecule has 0 saturated heterocycles. The monoisotopic (exact) mass is 309 g/mol. The number of fused-ring (bicyclic) bond motifs is 2. The zero-order chi connectivity index (χ0) is 15.2. The minimum absolute atomic E-state index is 0.121. The number of ether oxygens (including phenoxy) is 1. The van der Waals surface area contributed by atoms with Crippen LogP contribution in [0.3, 0.4) is 0 Å². The standard InChI is InChI=1S/C16H23NO3S/c1-10-7-16(11(2)6-15(10)20-3)21(18,19)17-14-9-12-4-5-13(14)8-12/h6-7,12-14,17H,4-5,8-9H2,1-3H3. The molecule has 2 fully saturated rings. The van der Waals surface area contributed by atoms with E-state index < -0.39 is 10.0 Å². The Kier molecular flexibility index (Phi) is 3.74. The van der Waals surface area contributed by atoms with Gasteiger partial charge in [0.2, 0.25) is 10.0 Å².